The lowest BCUT2D eigenvalue weighted by Crippen LogP contribution is -2.34. The van der Waals surface area contributed by atoms with Gasteiger partial charge in [0.2, 0.25) is 0 Å². The van der Waals surface area contributed by atoms with Gasteiger partial charge in [-0.15, -0.1) is 0 Å². The molecule has 1 nitrogen and oxygen atoms in total. The predicted octanol–water partition coefficient (Wildman–Crippen LogP) is 9.94. The van der Waals surface area contributed by atoms with Gasteiger partial charge in [0.15, 0.2) is 0 Å². The summed E-state index contributed by atoms with van der Waals surface area (Å²) < 4.78 is 5.88. The maximum absolute atomic E-state index is 5.88. The average Bonchev–Trinajstić information content (AvgIpc) is 2.87. The molecule has 3 fully saturated rings. The van der Waals surface area contributed by atoms with E-state index in [1.54, 1.807) is 37.7 Å². The average molecular weight is 453 g/mol. The van der Waals surface area contributed by atoms with Crippen LogP contribution in [0.2, 0.25) is 0 Å². The molecular formula is C32H52O. The highest BCUT2D eigenvalue weighted by Crippen LogP contribution is 2.51. The Bertz CT molecular complexity index is 656. The van der Waals surface area contributed by atoms with Gasteiger partial charge >= 0.3 is 0 Å². The monoisotopic (exact) mass is 452 g/mol. The quantitative estimate of drug-likeness (QED) is 0.303. The molecule has 0 N–H and O–H groups in total. The molecule has 4 atom stereocenters. The second-order valence-corrected chi connectivity index (χ2v) is 12.0. The molecule has 0 spiro atoms. The number of ether oxygens (including phenoxy) is 1. The van der Waals surface area contributed by atoms with Crippen LogP contribution in [0.1, 0.15) is 134 Å². The number of fused-ring (bicyclic) bond motifs is 1. The number of unbranched alkanes of at least 4 members (excludes halogenated alkanes) is 4. The minimum atomic E-state index is 0.788. The Kier molecular flexibility index (Phi) is 10.0. The fourth-order valence-electron chi connectivity index (χ4n) is 7.64. The van der Waals surface area contributed by atoms with Crippen LogP contribution in [-0.4, -0.2) is 6.61 Å². The van der Waals surface area contributed by atoms with Gasteiger partial charge in [-0.3, -0.25) is 0 Å². The van der Waals surface area contributed by atoms with E-state index in [1.165, 1.54) is 70.6 Å². The second kappa shape index (κ2) is 13.2. The van der Waals surface area contributed by atoms with Crippen molar-refractivity contribution in [2.24, 2.45) is 29.6 Å². The summed E-state index contributed by atoms with van der Waals surface area (Å²) in [6.45, 7) is 5.40. The number of hydrogen-bond donors (Lipinski definition) is 0. The van der Waals surface area contributed by atoms with Gasteiger partial charge in [0.25, 0.3) is 0 Å². The summed E-state index contributed by atoms with van der Waals surface area (Å²) in [5.41, 5.74) is 1.57. The molecule has 0 aliphatic heterocycles. The standard InChI is InChI=1S/C32H52O/c1-3-5-7-8-9-25-10-12-26(13-11-25)28-14-16-31-24-29(15-17-30(31)23-28)27-18-20-32(21-19-27)33-22-6-4-2/h18-21,25-26,28-31H,3-17,22-24H2,1-2H3. The van der Waals surface area contributed by atoms with Crippen molar-refractivity contribution in [2.45, 2.75) is 129 Å². The molecule has 0 amide bonds. The van der Waals surface area contributed by atoms with E-state index in [-0.39, 0.29) is 0 Å². The minimum Gasteiger partial charge on any atom is -0.494 e. The third-order valence-electron chi connectivity index (χ3n) is 9.80. The molecule has 33 heavy (non-hydrogen) atoms. The molecular weight excluding hydrogens is 400 g/mol. The van der Waals surface area contributed by atoms with Crippen molar-refractivity contribution >= 4 is 0 Å². The van der Waals surface area contributed by atoms with Gasteiger partial charge in [-0.1, -0.05) is 77.3 Å². The summed E-state index contributed by atoms with van der Waals surface area (Å²) in [6.07, 6.45) is 24.8. The maximum atomic E-state index is 5.88. The van der Waals surface area contributed by atoms with Crippen LogP contribution in [0.15, 0.2) is 24.3 Å². The van der Waals surface area contributed by atoms with E-state index in [0.717, 1.165) is 54.3 Å². The van der Waals surface area contributed by atoms with Crippen molar-refractivity contribution in [3.63, 3.8) is 0 Å². The van der Waals surface area contributed by atoms with Crippen LogP contribution >= 0.6 is 0 Å². The third-order valence-corrected chi connectivity index (χ3v) is 9.80. The van der Waals surface area contributed by atoms with Gasteiger partial charge in [-0.2, -0.15) is 0 Å². The highest BCUT2D eigenvalue weighted by molar-refractivity contribution is 5.30. The van der Waals surface area contributed by atoms with Gasteiger partial charge in [-0.25, -0.2) is 0 Å². The largest absolute Gasteiger partial charge is 0.494 e. The fourth-order valence-corrected chi connectivity index (χ4v) is 7.64. The molecule has 0 heterocycles. The molecule has 186 valence electrons. The molecule has 0 aromatic heterocycles. The molecule has 4 rings (SSSR count). The molecule has 3 saturated carbocycles. The van der Waals surface area contributed by atoms with Gasteiger partial charge in [-0.05, 0) is 111 Å². The SMILES string of the molecule is CCCCCCC1CCC(C2CCC3CC(c4ccc(OCCCC)cc4)CCC3C2)CC1. The smallest absolute Gasteiger partial charge is 0.119 e. The highest BCUT2D eigenvalue weighted by Gasteiger charge is 2.39. The van der Waals surface area contributed by atoms with E-state index in [4.69, 9.17) is 4.74 Å². The summed E-state index contributed by atoms with van der Waals surface area (Å²) >= 11 is 0. The molecule has 4 unspecified atom stereocenters. The van der Waals surface area contributed by atoms with Crippen molar-refractivity contribution in [2.75, 3.05) is 6.61 Å². The van der Waals surface area contributed by atoms with E-state index in [1.807, 2.05) is 0 Å². The molecule has 0 bridgehead atoms. The van der Waals surface area contributed by atoms with Crippen LogP contribution < -0.4 is 4.74 Å². The topological polar surface area (TPSA) is 9.23 Å². The van der Waals surface area contributed by atoms with Crippen molar-refractivity contribution < 1.29 is 4.74 Å². The first kappa shape index (κ1) is 25.1. The van der Waals surface area contributed by atoms with E-state index in [2.05, 4.69) is 38.1 Å². The Morgan fingerprint density at radius 1 is 0.636 bits per heavy atom. The maximum Gasteiger partial charge on any atom is 0.119 e. The van der Waals surface area contributed by atoms with Crippen molar-refractivity contribution in [3.05, 3.63) is 29.8 Å². The Balaban J connectivity index is 1.19. The normalized spacial score (nSPS) is 32.3. The van der Waals surface area contributed by atoms with Gasteiger partial charge in [0, 0.05) is 0 Å². The summed E-state index contributed by atoms with van der Waals surface area (Å²) in [5, 5.41) is 0. The lowest BCUT2D eigenvalue weighted by Gasteiger charge is -2.45. The van der Waals surface area contributed by atoms with Crippen molar-refractivity contribution in [1.29, 1.82) is 0 Å². The van der Waals surface area contributed by atoms with Crippen LogP contribution in [0, 0.1) is 29.6 Å². The first-order valence-electron chi connectivity index (χ1n) is 15.0. The van der Waals surface area contributed by atoms with Crippen LogP contribution in [0.5, 0.6) is 5.75 Å². The van der Waals surface area contributed by atoms with Gasteiger partial charge in [0.05, 0.1) is 6.61 Å². The summed E-state index contributed by atoms with van der Waals surface area (Å²) in [5.74, 6) is 7.05. The van der Waals surface area contributed by atoms with Crippen LogP contribution in [0.25, 0.3) is 0 Å². The van der Waals surface area contributed by atoms with Crippen molar-refractivity contribution in [3.8, 4) is 5.75 Å². The van der Waals surface area contributed by atoms with E-state index < -0.39 is 0 Å². The Morgan fingerprint density at radius 2 is 1.27 bits per heavy atom. The molecule has 3 aliphatic rings. The van der Waals surface area contributed by atoms with Crippen molar-refractivity contribution in [1.82, 2.24) is 0 Å². The molecule has 1 heteroatoms. The fraction of sp³-hybridized carbons (Fsp3) is 0.812. The van der Waals surface area contributed by atoms with Gasteiger partial charge in [0.1, 0.15) is 5.75 Å². The van der Waals surface area contributed by atoms with Crippen LogP contribution in [0.3, 0.4) is 0 Å². The molecule has 1 aromatic carbocycles. The lowest BCUT2D eigenvalue weighted by molar-refractivity contribution is 0.0710. The zero-order valence-electron chi connectivity index (χ0n) is 21.9. The number of benzene rings is 1. The first-order chi connectivity index (χ1) is 16.3. The van der Waals surface area contributed by atoms with Crippen LogP contribution in [0.4, 0.5) is 0 Å². The third kappa shape index (κ3) is 7.25. The van der Waals surface area contributed by atoms with E-state index in [9.17, 15) is 0 Å². The molecule has 0 saturated heterocycles. The zero-order chi connectivity index (χ0) is 22.9. The van der Waals surface area contributed by atoms with E-state index >= 15 is 0 Å². The first-order valence-corrected chi connectivity index (χ1v) is 15.0. The Hall–Kier alpha value is -0.980. The molecule has 3 aliphatic carbocycles. The summed E-state index contributed by atoms with van der Waals surface area (Å²) in [7, 11) is 0. The Labute approximate surface area is 205 Å². The molecule has 0 radical (unpaired) electrons. The summed E-state index contributed by atoms with van der Waals surface area (Å²) in [6, 6.07) is 9.15. The summed E-state index contributed by atoms with van der Waals surface area (Å²) in [4.78, 5) is 0. The van der Waals surface area contributed by atoms with Gasteiger partial charge < -0.3 is 4.74 Å². The minimum absolute atomic E-state index is 0.788. The lowest BCUT2D eigenvalue weighted by atomic mass is 9.60. The molecule has 1 aromatic rings. The van der Waals surface area contributed by atoms with E-state index in [0.29, 0.717) is 0 Å². The highest BCUT2D eigenvalue weighted by atomic mass is 16.5. The second-order valence-electron chi connectivity index (χ2n) is 12.0. The number of hydrogen-bond acceptors (Lipinski definition) is 1. The zero-order valence-corrected chi connectivity index (χ0v) is 21.9. The Morgan fingerprint density at radius 3 is 2.00 bits per heavy atom. The predicted molar refractivity (Wildman–Crippen MR) is 142 cm³/mol. The van der Waals surface area contributed by atoms with Crippen LogP contribution in [-0.2, 0) is 0 Å². The number of rotatable bonds is 11.